The zero-order valence-corrected chi connectivity index (χ0v) is 4.42. The molecule has 0 aromatic carbocycles. The van der Waals surface area contributed by atoms with Crippen molar-refractivity contribution in [3.05, 3.63) is 10.1 Å². The molecule has 0 heterocycles. The fourth-order valence-corrected chi connectivity index (χ4v) is 0.178. The van der Waals surface area contributed by atoms with Gasteiger partial charge in [-0.15, -0.1) is 0 Å². The van der Waals surface area contributed by atoms with E-state index in [0.29, 0.717) is 0 Å². The normalized spacial score (nSPS) is 7.60. The summed E-state index contributed by atoms with van der Waals surface area (Å²) in [6, 6.07) is 0. The highest BCUT2D eigenvalue weighted by Crippen LogP contribution is 1.84. The highest BCUT2D eigenvalue weighted by molar-refractivity contribution is 5.59. The number of rotatable bonds is 2. The molecule has 0 saturated carbocycles. The molecule has 0 fully saturated rings. The molecule has 10 heavy (non-hydrogen) atoms. The Morgan fingerprint density at radius 3 is 2.40 bits per heavy atom. The average Bonchev–Trinajstić information content (AvgIpc) is 1.81. The van der Waals surface area contributed by atoms with Crippen LogP contribution in [-0.4, -0.2) is 16.2 Å². The molecule has 0 atom stereocenters. The number of nitrogens with one attached hydrogen (secondary N) is 1. The molecule has 0 radical (unpaired) electrons. The molecule has 1 N–H and O–H groups in total. The number of carboxylic acid groups (broad SMARTS) is 1. The van der Waals surface area contributed by atoms with Crippen molar-refractivity contribution in [1.29, 1.82) is 5.53 Å². The number of hydrogen-bond acceptors (Lipinski definition) is 6. The van der Waals surface area contributed by atoms with E-state index in [2.05, 4.69) is 10.1 Å². The van der Waals surface area contributed by atoms with Crippen LogP contribution < -0.4 is 10.0 Å². The summed E-state index contributed by atoms with van der Waals surface area (Å²) in [7, 11) is 0. The van der Waals surface area contributed by atoms with Crippen LogP contribution in [0.3, 0.4) is 0 Å². The minimum Gasteiger partial charge on any atom is -0.504 e. The van der Waals surface area contributed by atoms with E-state index in [0.717, 1.165) is 0 Å². The molecular weight excluding hydrogens is 146 g/mol. The topological polar surface area (TPSA) is 137 Å². The van der Waals surface area contributed by atoms with Gasteiger partial charge in [-0.25, -0.2) is 0 Å². The molecular formula is CHN5O4. The summed E-state index contributed by atoms with van der Waals surface area (Å²) in [6.07, 6.45) is -2.15. The number of carbonyl (C=O) groups is 1. The molecule has 0 aliphatic rings. The molecule has 0 aromatic heterocycles. The van der Waals surface area contributed by atoms with E-state index in [4.69, 9.17) is 5.53 Å². The Balaban J connectivity index is 4.41. The molecule has 0 rings (SSSR count). The van der Waals surface area contributed by atoms with Crippen molar-refractivity contribution in [3.63, 3.8) is 0 Å². The molecule has 0 saturated heterocycles. The molecule has 9 nitrogen and oxygen atoms in total. The van der Waals surface area contributed by atoms with E-state index in [9.17, 15) is 20.0 Å². The maximum atomic E-state index is 9.67. The molecule has 9 heteroatoms. The highest BCUT2D eigenvalue weighted by Gasteiger charge is 2.27. The molecule has 0 aromatic rings. The van der Waals surface area contributed by atoms with Crippen LogP contribution >= 0.6 is 0 Å². The Kier molecular flexibility index (Phi) is 2.47. The first-order chi connectivity index (χ1) is 4.59. The summed E-state index contributed by atoms with van der Waals surface area (Å²) in [5.74, 6) is 0. The van der Waals surface area contributed by atoms with Crippen LogP contribution in [0.15, 0.2) is 5.22 Å². The standard InChI is InChI=1S/CHN5O4/c2-3-4-5(1(7)8)6(9)10/h2H. The van der Waals surface area contributed by atoms with Crippen molar-refractivity contribution in [3.8, 4) is 0 Å². The predicted octanol–water partition coefficient (Wildman–Crippen LogP) is -1.71. The lowest BCUT2D eigenvalue weighted by atomic mass is 11.2. The molecule has 0 aliphatic carbocycles. The van der Waals surface area contributed by atoms with Gasteiger partial charge >= 0.3 is 11.3 Å². The lowest BCUT2D eigenvalue weighted by Gasteiger charge is -1.93. The van der Waals surface area contributed by atoms with Gasteiger partial charge in [0.05, 0.1) is 0 Å². The summed E-state index contributed by atoms with van der Waals surface area (Å²) < 4.78 is 0. The maximum absolute atomic E-state index is 9.67. The van der Waals surface area contributed by atoms with Gasteiger partial charge in [0.25, 0.3) is 0 Å². The molecule has 0 bridgehead atoms. The fourth-order valence-electron chi connectivity index (χ4n) is 0.178. The first kappa shape index (κ1) is 7.98. The molecule has 54 valence electrons. The van der Waals surface area contributed by atoms with Crippen LogP contribution in [0, 0.1) is 15.6 Å². The molecule has 0 unspecified atom stereocenters. The first-order valence-corrected chi connectivity index (χ1v) is 1.82. The summed E-state index contributed by atoms with van der Waals surface area (Å²) in [6.45, 7) is 0. The van der Waals surface area contributed by atoms with Gasteiger partial charge in [0.2, 0.25) is 5.12 Å². The van der Waals surface area contributed by atoms with Crippen LogP contribution in [0.4, 0.5) is 4.79 Å². The highest BCUT2D eigenvalue weighted by atomic mass is 16.7. The van der Waals surface area contributed by atoms with Crippen LogP contribution in [0.5, 0.6) is 0 Å². The van der Waals surface area contributed by atoms with E-state index in [1.807, 2.05) is 0 Å². The van der Waals surface area contributed by atoms with E-state index in [-0.39, 0.29) is 0 Å². The van der Waals surface area contributed by atoms with Gasteiger partial charge in [-0.1, -0.05) is 0 Å². The quantitative estimate of drug-likeness (QED) is 0.215. The van der Waals surface area contributed by atoms with Crippen molar-refractivity contribution in [2.45, 2.75) is 0 Å². The third-order valence-corrected chi connectivity index (χ3v) is 0.447. The minimum atomic E-state index is -2.15. The third kappa shape index (κ3) is 1.84. The van der Waals surface area contributed by atoms with E-state index < -0.39 is 16.2 Å². The Bertz CT molecular complexity index is 187. The lowest BCUT2D eigenvalue weighted by Crippen LogP contribution is -2.41. The van der Waals surface area contributed by atoms with Crippen LogP contribution in [-0.2, 0) is 0 Å². The number of hydrogen-bond donors (Lipinski definition) is 1. The summed E-state index contributed by atoms with van der Waals surface area (Å²) >= 11 is 0. The van der Waals surface area contributed by atoms with Gasteiger partial charge in [-0.2, -0.15) is 0 Å². The van der Waals surface area contributed by atoms with E-state index >= 15 is 0 Å². The van der Waals surface area contributed by atoms with Gasteiger partial charge in [0.1, 0.15) is 0 Å². The van der Waals surface area contributed by atoms with Gasteiger partial charge in [0, 0.05) is 5.53 Å². The second-order valence-corrected chi connectivity index (χ2v) is 0.983. The second-order valence-electron chi connectivity index (χ2n) is 0.983. The van der Waals surface area contributed by atoms with Crippen molar-refractivity contribution in [1.82, 2.24) is 10.0 Å². The summed E-state index contributed by atoms with van der Waals surface area (Å²) in [5, 5.41) is 19.5. The van der Waals surface area contributed by atoms with Gasteiger partial charge in [0.15, 0.2) is 9.94 Å². The van der Waals surface area contributed by atoms with Gasteiger partial charge in [-0.05, 0) is 0 Å². The Hall–Kier alpha value is -2.02. The lowest BCUT2D eigenvalue weighted by molar-refractivity contribution is -0.648. The number of carbonyl (C=O) groups excluding carboxylic acids is 1. The zero-order valence-electron chi connectivity index (χ0n) is 4.42. The largest absolute Gasteiger partial charge is 0.504 e. The van der Waals surface area contributed by atoms with E-state index in [1.165, 1.54) is 0 Å². The van der Waals surface area contributed by atoms with Crippen molar-refractivity contribution >= 4 is 6.09 Å². The van der Waals surface area contributed by atoms with Crippen molar-refractivity contribution in [2.24, 2.45) is 5.22 Å². The molecule has 1 amide bonds. The summed E-state index contributed by atoms with van der Waals surface area (Å²) in [4.78, 5) is 21.4. The second kappa shape index (κ2) is 3.10. The Labute approximate surface area is 53.2 Å². The number of nitro groups is 1. The number of amides is 1. The van der Waals surface area contributed by atoms with Crippen LogP contribution in [0.1, 0.15) is 0 Å². The van der Waals surface area contributed by atoms with Crippen LogP contribution in [0.25, 0.3) is 0 Å². The Morgan fingerprint density at radius 2 is 2.30 bits per heavy atom. The van der Waals surface area contributed by atoms with Crippen molar-refractivity contribution in [2.75, 3.05) is 0 Å². The SMILES string of the molecule is N=[N+]=NN(C(=O)[O-])[N+](=O)[O-]. The minimum absolute atomic E-state index is 0.688. The number of nitrogens with zero attached hydrogens (tertiary/aromatic N) is 4. The third-order valence-electron chi connectivity index (χ3n) is 0.447. The van der Waals surface area contributed by atoms with E-state index in [1.54, 1.807) is 0 Å². The zero-order chi connectivity index (χ0) is 8.15. The smallest absolute Gasteiger partial charge is 0.477 e. The predicted molar refractivity (Wildman–Crippen MR) is 21.5 cm³/mol. The van der Waals surface area contributed by atoms with Crippen LogP contribution in [0.2, 0.25) is 0 Å². The number of hydrazine groups is 1. The van der Waals surface area contributed by atoms with Gasteiger partial charge in [-0.3, -0.25) is 0 Å². The van der Waals surface area contributed by atoms with Gasteiger partial charge < -0.3 is 20.0 Å². The van der Waals surface area contributed by atoms with Crippen molar-refractivity contribution < 1.29 is 14.9 Å². The Morgan fingerprint density at radius 1 is 1.80 bits per heavy atom. The monoisotopic (exact) mass is 147 g/mol. The summed E-state index contributed by atoms with van der Waals surface area (Å²) in [5.41, 5.74) is 5.94. The average molecular weight is 147 g/mol. The molecule has 0 aliphatic heterocycles. The molecule has 0 spiro atoms. The first-order valence-electron chi connectivity index (χ1n) is 1.82. The fraction of sp³-hybridized carbons (Fsp3) is 0. The maximum Gasteiger partial charge on any atom is 0.477 e.